The molecule has 28 heavy (non-hydrogen) atoms. The van der Waals surface area contributed by atoms with Gasteiger partial charge in [-0.1, -0.05) is 12.1 Å². The fraction of sp³-hybridized carbons (Fsp3) is 0.200. The van der Waals surface area contributed by atoms with E-state index in [2.05, 4.69) is 20.3 Å². The molecule has 0 radical (unpaired) electrons. The monoisotopic (exact) mass is 394 g/mol. The van der Waals surface area contributed by atoms with Crippen molar-refractivity contribution in [2.24, 2.45) is 0 Å². The van der Waals surface area contributed by atoms with Crippen molar-refractivity contribution in [2.45, 2.75) is 20.8 Å². The molecule has 0 aliphatic carbocycles. The van der Waals surface area contributed by atoms with Crippen LogP contribution in [0.3, 0.4) is 0 Å². The molecule has 4 aromatic rings. The zero-order chi connectivity index (χ0) is 19.8. The zero-order valence-electron chi connectivity index (χ0n) is 15.9. The lowest BCUT2D eigenvalue weighted by atomic mass is 10.1. The number of carbonyl (C=O) groups is 1. The van der Waals surface area contributed by atoms with Gasteiger partial charge in [-0.2, -0.15) is 0 Å². The van der Waals surface area contributed by atoms with E-state index in [1.165, 1.54) is 18.4 Å². The fourth-order valence-corrected chi connectivity index (χ4v) is 4.06. The van der Waals surface area contributed by atoms with Gasteiger partial charge in [-0.3, -0.25) is 5.32 Å². The summed E-state index contributed by atoms with van der Waals surface area (Å²) in [5.41, 5.74) is 3.40. The molecule has 0 saturated heterocycles. The van der Waals surface area contributed by atoms with Crippen LogP contribution in [-0.4, -0.2) is 28.0 Å². The number of hydrogen-bond donors (Lipinski definition) is 1. The summed E-state index contributed by atoms with van der Waals surface area (Å²) in [6, 6.07) is 9.68. The molecular weight excluding hydrogens is 376 g/mol. The molecule has 1 N–H and O–H groups in total. The lowest BCUT2D eigenvalue weighted by Crippen LogP contribution is -2.04. The Morgan fingerprint density at radius 1 is 1.11 bits per heavy atom. The number of esters is 1. The number of hydrogen-bond acceptors (Lipinski definition) is 8. The summed E-state index contributed by atoms with van der Waals surface area (Å²) in [6.07, 6.45) is 0. The summed E-state index contributed by atoms with van der Waals surface area (Å²) in [7, 11) is 1.34. The molecule has 3 aromatic heterocycles. The summed E-state index contributed by atoms with van der Waals surface area (Å²) < 4.78 is 11.9. The Morgan fingerprint density at radius 2 is 1.82 bits per heavy atom. The molecule has 0 spiro atoms. The number of aromatic nitrogens is 3. The van der Waals surface area contributed by atoms with Gasteiger partial charge in [0.15, 0.2) is 0 Å². The number of ether oxygens (including phenoxy) is 1. The number of nitrogens with zero attached hydrogens (tertiary/aromatic N) is 3. The van der Waals surface area contributed by atoms with E-state index in [9.17, 15) is 4.79 Å². The number of rotatable bonds is 4. The standard InChI is InChI=1S/C20H18N4O3S/c1-10-9-11(2)22-20(21-10)24-17-16(15(12(3)27-17)19(25)26-4)18-23-13-7-5-6-8-14(13)28-18/h5-9H,1-4H3,(H,21,22,24). The minimum Gasteiger partial charge on any atom is -0.465 e. The quantitative estimate of drug-likeness (QED) is 0.497. The maximum Gasteiger partial charge on any atom is 0.342 e. The number of benzene rings is 1. The highest BCUT2D eigenvalue weighted by Gasteiger charge is 2.28. The van der Waals surface area contributed by atoms with Crippen molar-refractivity contribution in [3.63, 3.8) is 0 Å². The van der Waals surface area contributed by atoms with Crippen LogP contribution >= 0.6 is 11.3 Å². The van der Waals surface area contributed by atoms with Gasteiger partial charge in [0.05, 0.1) is 22.9 Å². The molecule has 0 atom stereocenters. The van der Waals surface area contributed by atoms with Gasteiger partial charge in [-0.25, -0.2) is 19.7 Å². The van der Waals surface area contributed by atoms with Crippen LogP contribution in [0.1, 0.15) is 27.5 Å². The molecule has 4 rings (SSSR count). The van der Waals surface area contributed by atoms with Crippen LogP contribution in [0.4, 0.5) is 11.8 Å². The summed E-state index contributed by atoms with van der Waals surface area (Å²) in [4.78, 5) is 25.9. The third-order valence-electron chi connectivity index (χ3n) is 4.19. The molecule has 3 heterocycles. The number of furan rings is 1. The molecule has 0 aliphatic rings. The average molecular weight is 394 g/mol. The second-order valence-electron chi connectivity index (χ2n) is 6.32. The molecular formula is C20H18N4O3S. The smallest absolute Gasteiger partial charge is 0.342 e. The van der Waals surface area contributed by atoms with Crippen molar-refractivity contribution < 1.29 is 13.9 Å². The largest absolute Gasteiger partial charge is 0.465 e. The first kappa shape index (κ1) is 18.1. The van der Waals surface area contributed by atoms with Crippen LogP contribution in [0, 0.1) is 20.8 Å². The summed E-state index contributed by atoms with van der Waals surface area (Å²) in [6.45, 7) is 5.50. The minimum absolute atomic E-state index is 0.341. The van der Waals surface area contributed by atoms with E-state index in [4.69, 9.17) is 9.15 Å². The van der Waals surface area contributed by atoms with Gasteiger partial charge < -0.3 is 9.15 Å². The molecule has 0 saturated carbocycles. The molecule has 1 aromatic carbocycles. The molecule has 0 aliphatic heterocycles. The van der Waals surface area contributed by atoms with Gasteiger partial charge in [-0.05, 0) is 39.0 Å². The van der Waals surface area contributed by atoms with Crippen molar-refractivity contribution in [2.75, 3.05) is 12.4 Å². The van der Waals surface area contributed by atoms with E-state index in [-0.39, 0.29) is 0 Å². The van der Waals surface area contributed by atoms with Crippen molar-refractivity contribution in [3.05, 3.63) is 53.0 Å². The van der Waals surface area contributed by atoms with Crippen molar-refractivity contribution >= 4 is 39.4 Å². The first-order chi connectivity index (χ1) is 13.5. The predicted molar refractivity (Wildman–Crippen MR) is 108 cm³/mol. The van der Waals surface area contributed by atoms with Gasteiger partial charge in [0, 0.05) is 11.4 Å². The van der Waals surface area contributed by atoms with Crippen LogP contribution in [0.2, 0.25) is 0 Å². The summed E-state index contributed by atoms with van der Waals surface area (Å²) in [5.74, 6) is 0.713. The lowest BCUT2D eigenvalue weighted by Gasteiger charge is -2.06. The Balaban J connectivity index is 1.90. The first-order valence-corrected chi connectivity index (χ1v) is 9.45. The second kappa shape index (κ2) is 7.05. The number of fused-ring (bicyclic) bond motifs is 1. The Kier molecular flexibility index (Phi) is 4.56. The number of methoxy groups -OCH3 is 1. The molecule has 142 valence electrons. The third kappa shape index (κ3) is 3.22. The van der Waals surface area contributed by atoms with E-state index in [1.807, 2.05) is 44.2 Å². The number of thiazole rings is 1. The fourth-order valence-electron chi connectivity index (χ4n) is 3.05. The highest BCUT2D eigenvalue weighted by molar-refractivity contribution is 7.21. The Bertz CT molecular complexity index is 1140. The third-order valence-corrected chi connectivity index (χ3v) is 5.24. The highest BCUT2D eigenvalue weighted by Crippen LogP contribution is 2.41. The number of para-hydroxylation sites is 1. The normalized spacial score (nSPS) is 11.0. The predicted octanol–water partition coefficient (Wildman–Crippen LogP) is 4.80. The van der Waals surface area contributed by atoms with Gasteiger partial charge in [0.1, 0.15) is 16.3 Å². The first-order valence-electron chi connectivity index (χ1n) is 8.63. The second-order valence-corrected chi connectivity index (χ2v) is 7.35. The summed E-state index contributed by atoms with van der Waals surface area (Å²) in [5, 5.41) is 3.76. The minimum atomic E-state index is -0.482. The van der Waals surface area contributed by atoms with Gasteiger partial charge in [0.2, 0.25) is 11.8 Å². The maximum absolute atomic E-state index is 12.5. The molecule has 7 nitrogen and oxygen atoms in total. The summed E-state index contributed by atoms with van der Waals surface area (Å²) >= 11 is 1.48. The average Bonchev–Trinajstić information content (AvgIpc) is 3.20. The molecule has 8 heteroatoms. The Hall–Kier alpha value is -3.26. The van der Waals surface area contributed by atoms with Crippen LogP contribution in [0.5, 0.6) is 0 Å². The number of anilines is 2. The lowest BCUT2D eigenvalue weighted by molar-refractivity contribution is 0.0599. The van der Waals surface area contributed by atoms with Crippen LogP contribution in [0.25, 0.3) is 20.8 Å². The van der Waals surface area contributed by atoms with Crippen LogP contribution in [-0.2, 0) is 4.74 Å². The molecule has 0 amide bonds. The molecule has 0 fully saturated rings. The van der Waals surface area contributed by atoms with Crippen molar-refractivity contribution in [3.8, 4) is 10.6 Å². The van der Waals surface area contributed by atoms with Crippen LogP contribution < -0.4 is 5.32 Å². The SMILES string of the molecule is COC(=O)c1c(C)oc(Nc2nc(C)cc(C)n2)c1-c1nc2ccccc2s1. The van der Waals surface area contributed by atoms with E-state index >= 15 is 0 Å². The van der Waals surface area contributed by atoms with E-state index < -0.39 is 5.97 Å². The number of carbonyl (C=O) groups excluding carboxylic acids is 1. The topological polar surface area (TPSA) is 90.1 Å². The van der Waals surface area contributed by atoms with E-state index in [1.54, 1.807) is 6.92 Å². The zero-order valence-corrected chi connectivity index (χ0v) is 16.7. The Labute approximate surface area is 165 Å². The number of nitrogens with one attached hydrogen (secondary N) is 1. The van der Waals surface area contributed by atoms with Gasteiger partial charge in [-0.15, -0.1) is 11.3 Å². The van der Waals surface area contributed by atoms with Crippen molar-refractivity contribution in [1.82, 2.24) is 15.0 Å². The van der Waals surface area contributed by atoms with Crippen molar-refractivity contribution in [1.29, 1.82) is 0 Å². The van der Waals surface area contributed by atoms with Crippen LogP contribution in [0.15, 0.2) is 34.7 Å². The number of aryl methyl sites for hydroxylation is 3. The Morgan fingerprint density at radius 3 is 2.50 bits per heavy atom. The highest BCUT2D eigenvalue weighted by atomic mass is 32.1. The molecule has 0 bridgehead atoms. The maximum atomic E-state index is 12.5. The van der Waals surface area contributed by atoms with Gasteiger partial charge in [0.25, 0.3) is 0 Å². The van der Waals surface area contributed by atoms with E-state index in [0.717, 1.165) is 21.6 Å². The van der Waals surface area contributed by atoms with E-state index in [0.29, 0.717) is 33.7 Å². The molecule has 0 unspecified atom stereocenters. The van der Waals surface area contributed by atoms with Gasteiger partial charge >= 0.3 is 5.97 Å².